The van der Waals surface area contributed by atoms with Crippen LogP contribution in [0, 0.1) is 27.7 Å². The molecule has 4 rings (SSSR count). The minimum atomic E-state index is -0.815. The minimum absolute atomic E-state index is 0.0465. The number of aliphatic hydroxyl groups is 1. The maximum Gasteiger partial charge on any atom is 0.300 e. The number of pyridine rings is 1. The summed E-state index contributed by atoms with van der Waals surface area (Å²) in [6.07, 6.45) is 1.62. The van der Waals surface area contributed by atoms with Gasteiger partial charge in [-0.2, -0.15) is 0 Å². The Morgan fingerprint density at radius 1 is 0.871 bits per heavy atom. The van der Waals surface area contributed by atoms with Crippen molar-refractivity contribution in [2.45, 2.75) is 33.7 Å². The molecule has 1 saturated heterocycles. The van der Waals surface area contributed by atoms with Crippen LogP contribution >= 0.6 is 0 Å². The highest BCUT2D eigenvalue weighted by molar-refractivity contribution is 6.51. The molecule has 2 heterocycles. The molecule has 156 valence electrons. The van der Waals surface area contributed by atoms with E-state index in [9.17, 15) is 14.7 Å². The second kappa shape index (κ2) is 7.84. The van der Waals surface area contributed by atoms with Gasteiger partial charge in [0.2, 0.25) is 0 Å². The van der Waals surface area contributed by atoms with E-state index in [1.165, 1.54) is 4.90 Å². The summed E-state index contributed by atoms with van der Waals surface area (Å²) in [5.41, 5.74) is 5.83. The number of hydrogen-bond donors (Lipinski definition) is 1. The van der Waals surface area contributed by atoms with Crippen molar-refractivity contribution in [3.63, 3.8) is 0 Å². The molecule has 31 heavy (non-hydrogen) atoms. The number of rotatable bonds is 3. The predicted molar refractivity (Wildman–Crippen MR) is 121 cm³/mol. The zero-order chi connectivity index (χ0) is 22.3. The Morgan fingerprint density at radius 2 is 1.55 bits per heavy atom. The number of carbonyl (C=O) groups is 2. The molecular weight excluding hydrogens is 388 g/mol. The van der Waals surface area contributed by atoms with E-state index in [-0.39, 0.29) is 11.3 Å². The van der Waals surface area contributed by atoms with Gasteiger partial charge in [-0.05, 0) is 80.3 Å². The number of hydrogen-bond acceptors (Lipinski definition) is 4. The monoisotopic (exact) mass is 412 g/mol. The molecule has 0 saturated carbocycles. The van der Waals surface area contributed by atoms with Crippen molar-refractivity contribution in [2.24, 2.45) is 0 Å². The first-order valence-corrected chi connectivity index (χ1v) is 10.2. The average Bonchev–Trinajstić information content (AvgIpc) is 3.03. The Kier molecular flexibility index (Phi) is 5.19. The molecule has 1 fully saturated rings. The van der Waals surface area contributed by atoms with E-state index >= 15 is 0 Å². The lowest BCUT2D eigenvalue weighted by molar-refractivity contribution is -0.132. The Morgan fingerprint density at radius 3 is 2.16 bits per heavy atom. The van der Waals surface area contributed by atoms with E-state index in [0.29, 0.717) is 16.9 Å². The van der Waals surface area contributed by atoms with Crippen LogP contribution in [0.4, 0.5) is 5.69 Å². The zero-order valence-electron chi connectivity index (χ0n) is 18.0. The van der Waals surface area contributed by atoms with Gasteiger partial charge >= 0.3 is 0 Å². The molecule has 1 aliphatic rings. The van der Waals surface area contributed by atoms with Gasteiger partial charge in [0, 0.05) is 17.4 Å². The Bertz CT molecular complexity index is 1230. The molecule has 0 spiro atoms. The minimum Gasteiger partial charge on any atom is -0.507 e. The van der Waals surface area contributed by atoms with Crippen LogP contribution < -0.4 is 4.90 Å². The lowest BCUT2D eigenvalue weighted by Crippen LogP contribution is -2.29. The number of anilines is 1. The van der Waals surface area contributed by atoms with Gasteiger partial charge in [0.25, 0.3) is 11.7 Å². The lowest BCUT2D eigenvalue weighted by atomic mass is 9.96. The first kappa shape index (κ1) is 20.5. The van der Waals surface area contributed by atoms with Crippen LogP contribution in [-0.2, 0) is 9.59 Å². The van der Waals surface area contributed by atoms with Crippen molar-refractivity contribution in [1.29, 1.82) is 0 Å². The van der Waals surface area contributed by atoms with Gasteiger partial charge in [-0.1, -0.05) is 24.3 Å². The standard InChI is InChI=1S/C26H24N2O3/c1-15-8-10-19(13-17(15)3)24(29)22-23(21-7-5-6-12-27-21)28(26(31)25(22)30)20-11-9-16(2)18(4)14-20/h5-14,23,29H,1-4H3/b24-22+. The van der Waals surface area contributed by atoms with Crippen molar-refractivity contribution in [3.8, 4) is 0 Å². The van der Waals surface area contributed by atoms with Gasteiger partial charge < -0.3 is 5.11 Å². The van der Waals surface area contributed by atoms with E-state index in [2.05, 4.69) is 4.98 Å². The summed E-state index contributed by atoms with van der Waals surface area (Å²) >= 11 is 0. The second-order valence-corrected chi connectivity index (χ2v) is 7.99. The molecule has 1 atom stereocenters. The molecule has 0 radical (unpaired) electrons. The number of amides is 1. The van der Waals surface area contributed by atoms with Gasteiger partial charge in [0.05, 0.1) is 11.3 Å². The summed E-state index contributed by atoms with van der Waals surface area (Å²) in [5.74, 6) is -1.59. The molecule has 1 amide bonds. The summed E-state index contributed by atoms with van der Waals surface area (Å²) in [6, 6.07) is 15.6. The van der Waals surface area contributed by atoms with Crippen LogP contribution in [0.2, 0.25) is 0 Å². The van der Waals surface area contributed by atoms with Crippen molar-refractivity contribution in [1.82, 2.24) is 4.98 Å². The maximum absolute atomic E-state index is 13.2. The van der Waals surface area contributed by atoms with Gasteiger partial charge in [-0.25, -0.2) is 0 Å². The normalized spacial score (nSPS) is 17.9. The number of benzene rings is 2. The van der Waals surface area contributed by atoms with E-state index < -0.39 is 17.7 Å². The number of ketones is 1. The molecule has 3 aromatic rings. The van der Waals surface area contributed by atoms with Gasteiger partial charge in [-0.3, -0.25) is 19.5 Å². The van der Waals surface area contributed by atoms with Crippen LogP contribution in [0.25, 0.3) is 5.76 Å². The molecule has 0 aliphatic carbocycles. The van der Waals surface area contributed by atoms with E-state index in [4.69, 9.17) is 0 Å². The third kappa shape index (κ3) is 3.52. The molecule has 2 aromatic carbocycles. The van der Waals surface area contributed by atoms with Crippen LogP contribution in [-0.4, -0.2) is 21.8 Å². The first-order chi connectivity index (χ1) is 14.8. The summed E-state index contributed by atoms with van der Waals surface area (Å²) in [6.45, 7) is 7.87. The molecule has 1 aromatic heterocycles. The highest BCUT2D eigenvalue weighted by atomic mass is 16.3. The largest absolute Gasteiger partial charge is 0.507 e. The predicted octanol–water partition coefficient (Wildman–Crippen LogP) is 4.94. The van der Waals surface area contributed by atoms with Crippen LogP contribution in [0.1, 0.15) is 39.6 Å². The smallest absolute Gasteiger partial charge is 0.300 e. The van der Waals surface area contributed by atoms with Crippen molar-refractivity contribution in [3.05, 3.63) is 99.9 Å². The topological polar surface area (TPSA) is 70.5 Å². The van der Waals surface area contributed by atoms with Crippen LogP contribution in [0.3, 0.4) is 0 Å². The third-order valence-corrected chi connectivity index (χ3v) is 5.96. The quantitative estimate of drug-likeness (QED) is 0.376. The van der Waals surface area contributed by atoms with Crippen LogP contribution in [0.15, 0.2) is 66.4 Å². The molecular formula is C26H24N2O3. The summed E-state index contributed by atoms with van der Waals surface area (Å²) in [5, 5.41) is 11.2. The SMILES string of the molecule is Cc1ccc(/C(O)=C2\C(=O)C(=O)N(c3ccc(C)c(C)c3)C2c2ccccn2)cc1C. The van der Waals surface area contributed by atoms with E-state index in [1.54, 1.807) is 30.5 Å². The van der Waals surface area contributed by atoms with Gasteiger partial charge in [-0.15, -0.1) is 0 Å². The first-order valence-electron chi connectivity index (χ1n) is 10.2. The van der Waals surface area contributed by atoms with E-state index in [1.807, 2.05) is 58.0 Å². The number of nitrogens with zero attached hydrogens (tertiary/aromatic N) is 2. The molecule has 1 N–H and O–H groups in total. The van der Waals surface area contributed by atoms with E-state index in [0.717, 1.165) is 22.3 Å². The molecule has 0 bridgehead atoms. The van der Waals surface area contributed by atoms with Crippen molar-refractivity contribution >= 4 is 23.1 Å². The zero-order valence-corrected chi connectivity index (χ0v) is 18.0. The number of aryl methyl sites for hydroxylation is 4. The number of Topliss-reactive ketones (excluding diaryl/α,β-unsaturated/α-hetero) is 1. The Balaban J connectivity index is 1.95. The summed E-state index contributed by atoms with van der Waals surface area (Å²) in [4.78, 5) is 32.2. The van der Waals surface area contributed by atoms with Crippen molar-refractivity contribution < 1.29 is 14.7 Å². The number of carbonyl (C=O) groups excluding carboxylic acids is 2. The Labute approximate surface area is 181 Å². The van der Waals surface area contributed by atoms with Crippen molar-refractivity contribution in [2.75, 3.05) is 4.90 Å². The average molecular weight is 412 g/mol. The van der Waals surface area contributed by atoms with Crippen LogP contribution in [0.5, 0.6) is 0 Å². The fourth-order valence-electron chi connectivity index (χ4n) is 3.84. The lowest BCUT2D eigenvalue weighted by Gasteiger charge is -2.25. The second-order valence-electron chi connectivity index (χ2n) is 7.99. The molecule has 5 nitrogen and oxygen atoms in total. The summed E-state index contributed by atoms with van der Waals surface area (Å²) in [7, 11) is 0. The fraction of sp³-hybridized carbons (Fsp3) is 0.192. The van der Waals surface area contributed by atoms with Gasteiger partial charge in [0.15, 0.2) is 0 Å². The fourth-order valence-corrected chi connectivity index (χ4v) is 3.84. The Hall–Kier alpha value is -3.73. The molecule has 5 heteroatoms. The van der Waals surface area contributed by atoms with Gasteiger partial charge in [0.1, 0.15) is 11.8 Å². The molecule has 1 aliphatic heterocycles. The highest BCUT2D eigenvalue weighted by Gasteiger charge is 2.47. The third-order valence-electron chi connectivity index (χ3n) is 5.96. The summed E-state index contributed by atoms with van der Waals surface area (Å²) < 4.78 is 0. The molecule has 1 unspecified atom stereocenters. The number of aliphatic hydroxyl groups excluding tert-OH is 1. The highest BCUT2D eigenvalue weighted by Crippen LogP contribution is 2.41. The number of aromatic nitrogens is 1. The maximum atomic E-state index is 13.2.